The first-order valence-electron chi connectivity index (χ1n) is 23.0. The summed E-state index contributed by atoms with van der Waals surface area (Å²) in [4.78, 5) is 19.0. The number of nitrogens with zero attached hydrogens (tertiary/aromatic N) is 4. The van der Waals surface area contributed by atoms with E-state index < -0.39 is 0 Å². The minimum atomic E-state index is 0.892. The Bertz CT molecular complexity index is 3030. The number of hydrogen-bond donors (Lipinski definition) is 0. The van der Waals surface area contributed by atoms with Crippen LogP contribution in [0.5, 0.6) is 0 Å². The maximum Gasteiger partial charge on any atom is 0.0886 e. The highest BCUT2D eigenvalue weighted by Gasteiger charge is 2.13. The number of aromatic nitrogens is 4. The molecule has 0 saturated heterocycles. The molecule has 0 spiro atoms. The minimum absolute atomic E-state index is 0.892. The molecule has 0 radical (unpaired) electrons. The van der Waals surface area contributed by atoms with Crippen LogP contribution in [0.1, 0.15) is 33.4 Å². The molecule has 66 heavy (non-hydrogen) atoms. The summed E-state index contributed by atoms with van der Waals surface area (Å²) in [7, 11) is 0. The molecule has 4 heteroatoms. The van der Waals surface area contributed by atoms with Crippen molar-refractivity contribution in [2.45, 2.75) is 38.5 Å². The summed E-state index contributed by atoms with van der Waals surface area (Å²) in [5, 5.41) is 0. The van der Waals surface area contributed by atoms with Crippen LogP contribution < -0.4 is 0 Å². The van der Waals surface area contributed by atoms with Gasteiger partial charge in [-0.05, 0) is 143 Å². The lowest BCUT2D eigenvalue weighted by Crippen LogP contribution is -2.01. The molecule has 4 nitrogen and oxygen atoms in total. The largest absolute Gasteiger partial charge is 0.256 e. The van der Waals surface area contributed by atoms with Crippen molar-refractivity contribution in [3.8, 4) is 67.4 Å². The fourth-order valence-corrected chi connectivity index (χ4v) is 8.80. The van der Waals surface area contributed by atoms with Crippen molar-refractivity contribution in [2.75, 3.05) is 0 Å². The zero-order chi connectivity index (χ0) is 44.3. The highest BCUT2D eigenvalue weighted by molar-refractivity contribution is 5.77. The first kappa shape index (κ1) is 41.9. The van der Waals surface area contributed by atoms with Crippen molar-refractivity contribution in [3.05, 3.63) is 264 Å². The van der Waals surface area contributed by atoms with E-state index in [4.69, 9.17) is 9.97 Å². The summed E-state index contributed by atoms with van der Waals surface area (Å²) in [5.74, 6) is 0. The molecule has 0 unspecified atom stereocenters. The lowest BCUT2D eigenvalue weighted by Gasteiger charge is -2.15. The van der Waals surface area contributed by atoms with Gasteiger partial charge in [0.05, 0.1) is 28.5 Å². The van der Waals surface area contributed by atoms with Crippen molar-refractivity contribution in [1.82, 2.24) is 19.9 Å². The van der Waals surface area contributed by atoms with E-state index in [2.05, 4.69) is 186 Å². The van der Waals surface area contributed by atoms with Gasteiger partial charge in [0.1, 0.15) is 0 Å². The van der Waals surface area contributed by atoms with Gasteiger partial charge in [0.15, 0.2) is 0 Å². The van der Waals surface area contributed by atoms with E-state index in [-0.39, 0.29) is 0 Å². The molecule has 4 heterocycles. The number of pyridine rings is 4. The van der Waals surface area contributed by atoms with Gasteiger partial charge in [-0.25, -0.2) is 4.98 Å². The van der Waals surface area contributed by atoms with Crippen LogP contribution in [0.25, 0.3) is 67.4 Å². The Morgan fingerprint density at radius 2 is 0.727 bits per heavy atom. The van der Waals surface area contributed by atoms with Gasteiger partial charge in [-0.2, -0.15) is 0 Å². The van der Waals surface area contributed by atoms with E-state index >= 15 is 0 Å². The Hall–Kier alpha value is -8.08. The van der Waals surface area contributed by atoms with Crippen LogP contribution >= 0.6 is 0 Å². The van der Waals surface area contributed by atoms with E-state index in [0.29, 0.717) is 0 Å². The maximum atomic E-state index is 5.15. The van der Waals surface area contributed by atoms with Gasteiger partial charge in [0.2, 0.25) is 0 Å². The summed E-state index contributed by atoms with van der Waals surface area (Å²) >= 11 is 0. The molecule has 0 amide bonds. The van der Waals surface area contributed by atoms with Gasteiger partial charge in [-0.1, -0.05) is 164 Å². The van der Waals surface area contributed by atoms with Crippen molar-refractivity contribution in [2.24, 2.45) is 0 Å². The molecular formula is C62H50N4. The third kappa shape index (κ3) is 10.3. The third-order valence-corrected chi connectivity index (χ3v) is 12.4. The topological polar surface area (TPSA) is 51.6 Å². The Morgan fingerprint density at radius 1 is 0.258 bits per heavy atom. The van der Waals surface area contributed by atoms with E-state index in [1.165, 1.54) is 55.6 Å². The molecule has 318 valence electrons. The van der Waals surface area contributed by atoms with E-state index in [1.54, 1.807) is 0 Å². The fraction of sp³-hybridized carbons (Fsp3) is 0.0968. The van der Waals surface area contributed by atoms with Gasteiger partial charge in [-0.15, -0.1) is 0 Å². The first-order chi connectivity index (χ1) is 32.7. The average molecular weight is 851 g/mol. The standard InChI is InChI=1S/C62H50N4/c1-3-12-50(13-4-1)51-31-33-53(34-32-51)57-43-56(60-19-11-18-59(66-60)54-14-5-2-6-15-54)36-35-52(57)28-26-49-41-47(22-20-45-24-29-55(30-25-45)58-16-7-9-38-63-58)40-48(42-49)23-21-46-27-37-62(65-44-46)61-17-8-10-39-64-61/h1-19,24-25,27,29-44H,20-23,26,28H2. The van der Waals surface area contributed by atoms with Crippen LogP contribution in [0.3, 0.4) is 0 Å². The molecular weight excluding hydrogens is 801 g/mol. The van der Waals surface area contributed by atoms with Gasteiger partial charge in [0, 0.05) is 35.3 Å². The summed E-state index contributed by atoms with van der Waals surface area (Å²) in [5.41, 5.74) is 20.9. The monoisotopic (exact) mass is 850 g/mol. The summed E-state index contributed by atoms with van der Waals surface area (Å²) in [6, 6.07) is 75.8. The first-order valence-corrected chi connectivity index (χ1v) is 23.0. The third-order valence-electron chi connectivity index (χ3n) is 12.4. The zero-order valence-corrected chi connectivity index (χ0v) is 37.0. The number of benzene rings is 6. The van der Waals surface area contributed by atoms with Gasteiger partial charge < -0.3 is 0 Å². The molecule has 0 aliphatic rings. The highest BCUT2D eigenvalue weighted by Crippen LogP contribution is 2.33. The highest BCUT2D eigenvalue weighted by atomic mass is 14.8. The summed E-state index contributed by atoms with van der Waals surface area (Å²) in [6.07, 6.45) is 11.3. The van der Waals surface area contributed by atoms with Gasteiger partial charge >= 0.3 is 0 Å². The molecule has 0 atom stereocenters. The summed E-state index contributed by atoms with van der Waals surface area (Å²) in [6.45, 7) is 0. The molecule has 0 saturated carbocycles. The Labute approximate surface area is 388 Å². The molecule has 10 rings (SSSR count). The van der Waals surface area contributed by atoms with Crippen LogP contribution in [-0.4, -0.2) is 19.9 Å². The fourth-order valence-electron chi connectivity index (χ4n) is 8.80. The predicted molar refractivity (Wildman–Crippen MR) is 272 cm³/mol. The normalized spacial score (nSPS) is 11.1. The molecule has 4 aromatic heterocycles. The summed E-state index contributed by atoms with van der Waals surface area (Å²) < 4.78 is 0. The van der Waals surface area contributed by atoms with Crippen molar-refractivity contribution in [3.63, 3.8) is 0 Å². The smallest absolute Gasteiger partial charge is 0.0886 e. The van der Waals surface area contributed by atoms with Crippen LogP contribution in [0.4, 0.5) is 0 Å². The molecule has 0 N–H and O–H groups in total. The predicted octanol–water partition coefficient (Wildman–Crippen LogP) is 14.6. The van der Waals surface area contributed by atoms with Crippen molar-refractivity contribution >= 4 is 0 Å². The van der Waals surface area contributed by atoms with Crippen LogP contribution in [-0.2, 0) is 38.5 Å². The molecule has 0 fully saturated rings. The molecule has 0 bridgehead atoms. The van der Waals surface area contributed by atoms with E-state index in [9.17, 15) is 0 Å². The zero-order valence-electron chi connectivity index (χ0n) is 37.0. The average Bonchev–Trinajstić information content (AvgIpc) is 3.40. The van der Waals surface area contributed by atoms with Crippen LogP contribution in [0.15, 0.2) is 231 Å². The second-order valence-electron chi connectivity index (χ2n) is 16.9. The molecule has 0 aliphatic carbocycles. The Balaban J connectivity index is 0.934. The van der Waals surface area contributed by atoms with Crippen LogP contribution in [0, 0.1) is 0 Å². The van der Waals surface area contributed by atoms with Gasteiger partial charge in [0.25, 0.3) is 0 Å². The molecule has 6 aromatic carbocycles. The SMILES string of the molecule is c1ccc(-c2ccc(-c3cc(-c4cccc(-c5ccccc5)n4)ccc3CCc3cc(CCc4ccc(-c5ccccn5)cc4)cc(CCc4ccc(-c5ccccn5)nc4)c3)cc2)cc1. The second kappa shape index (κ2) is 20.2. The maximum absolute atomic E-state index is 5.15. The van der Waals surface area contributed by atoms with Gasteiger partial charge in [-0.3, -0.25) is 15.0 Å². The number of rotatable bonds is 15. The molecule has 0 aliphatic heterocycles. The second-order valence-corrected chi connectivity index (χ2v) is 16.9. The van der Waals surface area contributed by atoms with Crippen molar-refractivity contribution in [1.29, 1.82) is 0 Å². The lowest BCUT2D eigenvalue weighted by atomic mass is 9.90. The molecule has 10 aromatic rings. The Kier molecular flexibility index (Phi) is 12.8. The van der Waals surface area contributed by atoms with E-state index in [1.807, 2.05) is 55.0 Å². The van der Waals surface area contributed by atoms with Crippen LogP contribution in [0.2, 0.25) is 0 Å². The minimum Gasteiger partial charge on any atom is -0.256 e. The number of aryl methyl sites for hydroxylation is 6. The number of hydrogen-bond acceptors (Lipinski definition) is 4. The Morgan fingerprint density at radius 3 is 1.36 bits per heavy atom. The quantitative estimate of drug-likeness (QED) is 0.103. The van der Waals surface area contributed by atoms with E-state index in [0.717, 1.165) is 83.7 Å². The lowest BCUT2D eigenvalue weighted by molar-refractivity contribution is 0.901. The van der Waals surface area contributed by atoms with Crippen molar-refractivity contribution < 1.29 is 0 Å².